The standard InChI is InChI=1S/C17H15N5S/c1-22-10-19-8-12(22)9-20-17-14-4-5-23-16(14)13-3-2-11(7-18)6-15(13)21-17/h2-6,8,10,14,16H,9H2,1H3,(H,20,21). The van der Waals surface area contributed by atoms with E-state index in [1.54, 1.807) is 6.33 Å². The third-order valence-electron chi connectivity index (χ3n) is 4.23. The number of anilines is 1. The van der Waals surface area contributed by atoms with Crippen LogP contribution in [0.4, 0.5) is 5.69 Å². The Morgan fingerprint density at radius 1 is 1.48 bits per heavy atom. The van der Waals surface area contributed by atoms with Crippen molar-refractivity contribution in [2.45, 2.75) is 11.8 Å². The molecule has 2 aliphatic heterocycles. The molecule has 114 valence electrons. The molecule has 0 bridgehead atoms. The number of imidazole rings is 1. The van der Waals surface area contributed by atoms with Crippen molar-refractivity contribution in [2.75, 3.05) is 5.32 Å². The molecule has 1 aromatic carbocycles. The Kier molecular flexibility index (Phi) is 3.43. The average molecular weight is 321 g/mol. The second-order valence-corrected chi connectivity index (χ2v) is 6.70. The maximum absolute atomic E-state index is 9.12. The number of thioether (sulfide) groups is 1. The predicted octanol–water partition coefficient (Wildman–Crippen LogP) is 3.23. The summed E-state index contributed by atoms with van der Waals surface area (Å²) in [5.41, 5.74) is 3.97. The molecule has 0 radical (unpaired) electrons. The summed E-state index contributed by atoms with van der Waals surface area (Å²) in [5, 5.41) is 15.0. The molecule has 23 heavy (non-hydrogen) atoms. The maximum atomic E-state index is 9.12. The Morgan fingerprint density at radius 2 is 2.39 bits per heavy atom. The number of aromatic nitrogens is 2. The molecule has 0 saturated heterocycles. The summed E-state index contributed by atoms with van der Waals surface area (Å²) in [5.74, 6) is 1.22. The molecular formula is C17H15N5S. The van der Waals surface area contributed by atoms with E-state index in [0.29, 0.717) is 17.4 Å². The van der Waals surface area contributed by atoms with Crippen molar-refractivity contribution < 1.29 is 0 Å². The van der Waals surface area contributed by atoms with Crippen molar-refractivity contribution in [3.63, 3.8) is 0 Å². The molecule has 4 rings (SSSR count). The highest BCUT2D eigenvalue weighted by Gasteiger charge is 2.35. The predicted molar refractivity (Wildman–Crippen MR) is 92.1 cm³/mol. The lowest BCUT2D eigenvalue weighted by molar-refractivity contribution is 0.789. The average Bonchev–Trinajstić information content (AvgIpc) is 3.21. The van der Waals surface area contributed by atoms with Gasteiger partial charge in [0.05, 0.1) is 42.3 Å². The first-order chi connectivity index (χ1) is 11.3. The summed E-state index contributed by atoms with van der Waals surface area (Å²) in [6.07, 6.45) is 5.82. The lowest BCUT2D eigenvalue weighted by Gasteiger charge is -2.30. The van der Waals surface area contributed by atoms with Crippen molar-refractivity contribution >= 4 is 23.3 Å². The Morgan fingerprint density at radius 3 is 3.17 bits per heavy atom. The number of hydrogen-bond donors (Lipinski definition) is 1. The van der Waals surface area contributed by atoms with E-state index in [1.165, 1.54) is 5.56 Å². The summed E-state index contributed by atoms with van der Waals surface area (Å²) in [7, 11) is 1.97. The van der Waals surface area contributed by atoms with E-state index in [2.05, 4.69) is 33.9 Å². The number of amidine groups is 1. The third kappa shape index (κ3) is 2.43. The lowest BCUT2D eigenvalue weighted by atomic mass is 9.91. The fourth-order valence-corrected chi connectivity index (χ4v) is 4.12. The van der Waals surface area contributed by atoms with E-state index >= 15 is 0 Å². The van der Waals surface area contributed by atoms with Gasteiger partial charge in [0.2, 0.25) is 0 Å². The van der Waals surface area contributed by atoms with Crippen LogP contribution in [0.3, 0.4) is 0 Å². The summed E-state index contributed by atoms with van der Waals surface area (Å²) < 4.78 is 1.98. The highest BCUT2D eigenvalue weighted by Crippen LogP contribution is 2.49. The van der Waals surface area contributed by atoms with Crippen LogP contribution in [0.2, 0.25) is 0 Å². The van der Waals surface area contributed by atoms with Crippen LogP contribution in [0.1, 0.15) is 22.1 Å². The lowest BCUT2D eigenvalue weighted by Crippen LogP contribution is -2.30. The van der Waals surface area contributed by atoms with Gasteiger partial charge < -0.3 is 9.88 Å². The van der Waals surface area contributed by atoms with E-state index in [-0.39, 0.29) is 5.92 Å². The van der Waals surface area contributed by atoms with Gasteiger partial charge in [-0.25, -0.2) is 4.98 Å². The molecule has 0 fully saturated rings. The van der Waals surface area contributed by atoms with Crippen molar-refractivity contribution in [3.05, 3.63) is 59.0 Å². The smallest absolute Gasteiger partial charge is 0.110 e. The number of fused-ring (bicyclic) bond motifs is 3. The molecule has 2 aromatic rings. The molecule has 1 aromatic heterocycles. The van der Waals surface area contributed by atoms with E-state index in [4.69, 9.17) is 10.3 Å². The number of benzene rings is 1. The quantitative estimate of drug-likeness (QED) is 0.922. The van der Waals surface area contributed by atoms with Gasteiger partial charge in [0.25, 0.3) is 0 Å². The van der Waals surface area contributed by atoms with E-state index in [1.807, 2.05) is 41.7 Å². The largest absolute Gasteiger partial charge is 0.343 e. The van der Waals surface area contributed by atoms with Crippen molar-refractivity contribution in [2.24, 2.45) is 18.0 Å². The zero-order chi connectivity index (χ0) is 15.8. The zero-order valence-corrected chi connectivity index (χ0v) is 13.4. The molecule has 2 unspecified atom stereocenters. The SMILES string of the molecule is Cn1cncc1CN=C1Nc2cc(C#N)ccc2C2SC=CC12. The first kappa shape index (κ1) is 14.1. The number of nitrogens with one attached hydrogen (secondary N) is 1. The third-order valence-corrected chi connectivity index (χ3v) is 5.39. The Hall–Kier alpha value is -2.52. The number of rotatable bonds is 2. The molecule has 1 N–H and O–H groups in total. The molecule has 0 saturated carbocycles. The number of nitrogens with zero attached hydrogens (tertiary/aromatic N) is 4. The van der Waals surface area contributed by atoms with Crippen LogP contribution < -0.4 is 5.32 Å². The van der Waals surface area contributed by atoms with Gasteiger partial charge in [-0.1, -0.05) is 12.1 Å². The van der Waals surface area contributed by atoms with E-state index in [9.17, 15) is 0 Å². The van der Waals surface area contributed by atoms with Crippen LogP contribution >= 0.6 is 11.8 Å². The van der Waals surface area contributed by atoms with Gasteiger partial charge in [-0.05, 0) is 23.1 Å². The summed E-state index contributed by atoms with van der Waals surface area (Å²) in [4.78, 5) is 8.91. The molecule has 0 amide bonds. The van der Waals surface area contributed by atoms with E-state index < -0.39 is 0 Å². The van der Waals surface area contributed by atoms with Gasteiger partial charge >= 0.3 is 0 Å². The van der Waals surface area contributed by atoms with Gasteiger partial charge in [-0.2, -0.15) is 5.26 Å². The van der Waals surface area contributed by atoms with Gasteiger partial charge in [0, 0.05) is 18.0 Å². The number of aliphatic imine (C=N–C) groups is 1. The van der Waals surface area contributed by atoms with Crippen LogP contribution in [0.25, 0.3) is 0 Å². The molecule has 6 heteroatoms. The molecule has 0 aliphatic carbocycles. The van der Waals surface area contributed by atoms with Crippen LogP contribution in [-0.2, 0) is 13.6 Å². The van der Waals surface area contributed by atoms with Crippen LogP contribution in [0, 0.1) is 17.2 Å². The van der Waals surface area contributed by atoms with Crippen molar-refractivity contribution in [1.82, 2.24) is 9.55 Å². The van der Waals surface area contributed by atoms with Gasteiger partial charge in [0.1, 0.15) is 5.84 Å². The van der Waals surface area contributed by atoms with Crippen LogP contribution in [0.5, 0.6) is 0 Å². The van der Waals surface area contributed by atoms with Gasteiger partial charge in [0.15, 0.2) is 0 Å². The molecule has 5 nitrogen and oxygen atoms in total. The highest BCUT2D eigenvalue weighted by molar-refractivity contribution is 8.02. The second-order valence-electron chi connectivity index (χ2n) is 5.65. The van der Waals surface area contributed by atoms with Crippen molar-refractivity contribution in [1.29, 1.82) is 5.26 Å². The molecule has 0 spiro atoms. The number of hydrogen-bond acceptors (Lipinski definition) is 4. The number of nitriles is 1. The number of aryl methyl sites for hydroxylation is 1. The Balaban J connectivity index is 1.69. The maximum Gasteiger partial charge on any atom is 0.110 e. The van der Waals surface area contributed by atoms with Gasteiger partial charge in [-0.3, -0.25) is 4.99 Å². The fraction of sp³-hybridized carbons (Fsp3) is 0.235. The Labute approximate surface area is 138 Å². The van der Waals surface area contributed by atoms with Gasteiger partial charge in [-0.15, -0.1) is 11.8 Å². The molecule has 3 heterocycles. The highest BCUT2D eigenvalue weighted by atomic mass is 32.2. The topological polar surface area (TPSA) is 66.0 Å². The fourth-order valence-electron chi connectivity index (χ4n) is 2.95. The summed E-state index contributed by atoms with van der Waals surface area (Å²) >= 11 is 1.81. The zero-order valence-electron chi connectivity index (χ0n) is 12.6. The normalized spacial score (nSPS) is 23.2. The summed E-state index contributed by atoms with van der Waals surface area (Å²) in [6.45, 7) is 0.591. The van der Waals surface area contributed by atoms with Crippen LogP contribution in [-0.4, -0.2) is 15.4 Å². The molecule has 2 aliphatic rings. The summed E-state index contributed by atoms with van der Waals surface area (Å²) in [6, 6.07) is 8.04. The first-order valence-corrected chi connectivity index (χ1v) is 8.33. The Bertz CT molecular complexity index is 858. The van der Waals surface area contributed by atoms with Crippen molar-refractivity contribution in [3.8, 4) is 6.07 Å². The van der Waals surface area contributed by atoms with E-state index in [0.717, 1.165) is 17.2 Å². The minimum absolute atomic E-state index is 0.258. The monoisotopic (exact) mass is 321 g/mol. The minimum atomic E-state index is 0.258. The molecular weight excluding hydrogens is 306 g/mol. The van der Waals surface area contributed by atoms with Crippen LogP contribution in [0.15, 0.2) is 47.2 Å². The first-order valence-electron chi connectivity index (χ1n) is 7.39. The second kappa shape index (κ2) is 5.60. The molecule has 2 atom stereocenters. The minimum Gasteiger partial charge on any atom is -0.343 e.